The smallest absolute Gasteiger partial charge is 0.0763 e. The second kappa shape index (κ2) is 5.01. The third-order valence-electron chi connectivity index (χ3n) is 1.64. The summed E-state index contributed by atoms with van der Waals surface area (Å²) in [5, 5.41) is 34.4. The predicted molar refractivity (Wildman–Crippen MR) is 44.7 cm³/mol. The summed E-state index contributed by atoms with van der Waals surface area (Å²) >= 11 is 0. The molecule has 4 N–H and O–H groups in total. The maximum atomic E-state index is 8.56. The molecule has 0 aliphatic rings. The molecule has 1 aromatic carbocycles. The first-order valence-corrected chi connectivity index (χ1v) is 3.96. The highest BCUT2D eigenvalue weighted by Crippen LogP contribution is 2.07. The van der Waals surface area contributed by atoms with E-state index in [9.17, 15) is 0 Å². The van der Waals surface area contributed by atoms with Gasteiger partial charge in [0.1, 0.15) is 0 Å². The lowest BCUT2D eigenvalue weighted by Crippen LogP contribution is -2.14. The third kappa shape index (κ3) is 3.79. The van der Waals surface area contributed by atoms with Gasteiger partial charge in [0.25, 0.3) is 0 Å². The first-order chi connectivity index (χ1) is 6.58. The molecule has 0 spiro atoms. The van der Waals surface area contributed by atoms with Crippen molar-refractivity contribution in [1.29, 1.82) is 0 Å². The number of hydrogen-bond donors (Lipinski definition) is 4. The van der Waals surface area contributed by atoms with Crippen molar-refractivity contribution in [2.24, 2.45) is 0 Å². The van der Waals surface area contributed by atoms with Crippen molar-refractivity contribution >= 4 is 0 Å². The molecule has 0 saturated carbocycles. The molecule has 1 aromatic rings. The quantitative estimate of drug-likeness (QED) is 0.539. The summed E-state index contributed by atoms with van der Waals surface area (Å²) in [5.74, 6) is 0. The van der Waals surface area contributed by atoms with Gasteiger partial charge in [-0.2, -0.15) is 0 Å². The molecule has 1 rings (SSSR count). The van der Waals surface area contributed by atoms with Crippen LogP contribution < -0.4 is 0 Å². The van der Waals surface area contributed by atoms with Crippen LogP contribution in [0.3, 0.4) is 0 Å². The van der Waals surface area contributed by atoms with Crippen LogP contribution in [-0.2, 0) is 13.1 Å². The molecule has 0 aromatic heterocycles. The molecule has 0 bridgehead atoms. The van der Waals surface area contributed by atoms with Crippen LogP contribution in [0.1, 0.15) is 11.1 Å². The van der Waals surface area contributed by atoms with Gasteiger partial charge in [-0.3, -0.25) is 20.8 Å². The normalized spacial score (nSPS) is 11.3. The van der Waals surface area contributed by atoms with Crippen molar-refractivity contribution in [3.63, 3.8) is 0 Å². The first kappa shape index (κ1) is 11.1. The summed E-state index contributed by atoms with van der Waals surface area (Å²) in [4.78, 5) is 0. The fourth-order valence-electron chi connectivity index (χ4n) is 1.15. The Balaban J connectivity index is 2.68. The number of benzene rings is 1. The maximum Gasteiger partial charge on any atom is 0.0763 e. The average molecular weight is 200 g/mol. The van der Waals surface area contributed by atoms with Crippen molar-refractivity contribution in [2.75, 3.05) is 0 Å². The summed E-state index contributed by atoms with van der Waals surface area (Å²) < 4.78 is 0. The lowest BCUT2D eigenvalue weighted by Gasteiger charge is -2.09. The van der Waals surface area contributed by atoms with Gasteiger partial charge >= 0.3 is 0 Å². The molecular weight excluding hydrogens is 188 g/mol. The zero-order valence-corrected chi connectivity index (χ0v) is 7.41. The highest BCUT2D eigenvalue weighted by atomic mass is 16.8. The molecule has 78 valence electrons. The van der Waals surface area contributed by atoms with Crippen molar-refractivity contribution in [2.45, 2.75) is 13.1 Å². The number of rotatable bonds is 4. The van der Waals surface area contributed by atoms with Crippen LogP contribution >= 0.6 is 0 Å². The van der Waals surface area contributed by atoms with Crippen LogP contribution in [-0.4, -0.2) is 31.3 Å². The van der Waals surface area contributed by atoms with Gasteiger partial charge in [-0.05, 0) is 11.1 Å². The van der Waals surface area contributed by atoms with Gasteiger partial charge in [0.15, 0.2) is 0 Å². The second-order valence-electron chi connectivity index (χ2n) is 2.88. The van der Waals surface area contributed by atoms with Gasteiger partial charge in [-0.1, -0.05) is 34.7 Å². The fourth-order valence-corrected chi connectivity index (χ4v) is 1.15. The number of hydrogen-bond acceptors (Lipinski definition) is 6. The Hall–Kier alpha value is -1.02. The number of hydroxylamine groups is 4. The summed E-state index contributed by atoms with van der Waals surface area (Å²) in [6.07, 6.45) is 0. The lowest BCUT2D eigenvalue weighted by atomic mass is 10.1. The summed E-state index contributed by atoms with van der Waals surface area (Å²) in [6.45, 7) is -0.0740. The molecule has 6 heteroatoms. The molecule has 0 aliphatic heterocycles. The van der Waals surface area contributed by atoms with Crippen LogP contribution in [0.25, 0.3) is 0 Å². The van der Waals surface area contributed by atoms with Gasteiger partial charge < -0.3 is 0 Å². The van der Waals surface area contributed by atoms with E-state index in [0.29, 0.717) is 11.1 Å². The van der Waals surface area contributed by atoms with Crippen LogP contribution in [0.4, 0.5) is 0 Å². The topological polar surface area (TPSA) is 87.4 Å². The Labute approximate surface area is 80.7 Å². The summed E-state index contributed by atoms with van der Waals surface area (Å²) in [5.41, 5.74) is 1.32. The summed E-state index contributed by atoms with van der Waals surface area (Å²) in [7, 11) is 0. The molecule has 0 saturated heterocycles. The van der Waals surface area contributed by atoms with E-state index in [1.807, 2.05) is 0 Å². The van der Waals surface area contributed by atoms with Crippen molar-refractivity contribution < 1.29 is 20.8 Å². The van der Waals surface area contributed by atoms with E-state index in [1.54, 1.807) is 24.3 Å². The van der Waals surface area contributed by atoms with Gasteiger partial charge in [0.05, 0.1) is 13.1 Å². The molecule has 0 aliphatic carbocycles. The Morgan fingerprint density at radius 1 is 0.857 bits per heavy atom. The first-order valence-electron chi connectivity index (χ1n) is 3.96. The third-order valence-corrected chi connectivity index (χ3v) is 1.64. The molecule has 0 unspecified atom stereocenters. The maximum absolute atomic E-state index is 8.56. The van der Waals surface area contributed by atoms with E-state index in [2.05, 4.69) is 0 Å². The Bertz CT molecular complexity index is 265. The summed E-state index contributed by atoms with van der Waals surface area (Å²) in [6, 6.07) is 6.72. The monoisotopic (exact) mass is 200 g/mol. The van der Waals surface area contributed by atoms with Crippen LogP contribution in [0.15, 0.2) is 24.3 Å². The van der Waals surface area contributed by atoms with Crippen LogP contribution in [0, 0.1) is 0 Å². The van der Waals surface area contributed by atoms with Crippen LogP contribution in [0.2, 0.25) is 0 Å². The zero-order chi connectivity index (χ0) is 10.6. The van der Waals surface area contributed by atoms with E-state index in [0.717, 1.165) is 0 Å². The highest BCUT2D eigenvalue weighted by molar-refractivity contribution is 5.22. The standard InChI is InChI=1S/C8H12N2O4/c11-9(12)5-7-2-1-3-8(4-7)6-10(13)14/h1-4,11-14H,5-6H2. The SMILES string of the molecule is ON(O)Cc1cccc(CN(O)O)c1. The zero-order valence-electron chi connectivity index (χ0n) is 7.41. The molecule has 0 radical (unpaired) electrons. The molecule has 6 nitrogen and oxygen atoms in total. The highest BCUT2D eigenvalue weighted by Gasteiger charge is 2.01. The average Bonchev–Trinajstić information content (AvgIpc) is 2.01. The predicted octanol–water partition coefficient (Wildman–Crippen LogP) is 0.847. The molecule has 0 heterocycles. The van der Waals surface area contributed by atoms with E-state index < -0.39 is 0 Å². The Morgan fingerprint density at radius 3 is 1.64 bits per heavy atom. The van der Waals surface area contributed by atoms with E-state index in [4.69, 9.17) is 20.8 Å². The lowest BCUT2D eigenvalue weighted by molar-refractivity contribution is -0.315. The molecule has 0 amide bonds. The minimum Gasteiger partial charge on any atom is -0.289 e. The van der Waals surface area contributed by atoms with Crippen LogP contribution in [0.5, 0.6) is 0 Å². The van der Waals surface area contributed by atoms with Gasteiger partial charge in [-0.15, -0.1) is 0 Å². The molecule has 0 atom stereocenters. The van der Waals surface area contributed by atoms with E-state index in [-0.39, 0.29) is 23.5 Å². The largest absolute Gasteiger partial charge is 0.289 e. The van der Waals surface area contributed by atoms with E-state index in [1.165, 1.54) is 0 Å². The number of nitrogens with zero attached hydrogens (tertiary/aromatic N) is 2. The molecule has 0 fully saturated rings. The molecule has 14 heavy (non-hydrogen) atoms. The molecular formula is C8H12N2O4. The van der Waals surface area contributed by atoms with Crippen molar-refractivity contribution in [1.82, 2.24) is 10.5 Å². The fraction of sp³-hybridized carbons (Fsp3) is 0.250. The van der Waals surface area contributed by atoms with Gasteiger partial charge in [0.2, 0.25) is 0 Å². The van der Waals surface area contributed by atoms with Gasteiger partial charge in [-0.25, -0.2) is 0 Å². The minimum absolute atomic E-state index is 0.0370. The van der Waals surface area contributed by atoms with Crippen molar-refractivity contribution in [3.8, 4) is 0 Å². The second-order valence-corrected chi connectivity index (χ2v) is 2.88. The Morgan fingerprint density at radius 2 is 1.29 bits per heavy atom. The Kier molecular flexibility index (Phi) is 3.96. The van der Waals surface area contributed by atoms with E-state index >= 15 is 0 Å². The van der Waals surface area contributed by atoms with Gasteiger partial charge in [0, 0.05) is 0 Å². The minimum atomic E-state index is -0.0370. The van der Waals surface area contributed by atoms with Crippen molar-refractivity contribution in [3.05, 3.63) is 35.4 Å².